The van der Waals surface area contributed by atoms with E-state index in [1.807, 2.05) is 26.0 Å². The average molecular weight is 355 g/mol. The summed E-state index contributed by atoms with van der Waals surface area (Å²) in [6.07, 6.45) is 5.87. The van der Waals surface area contributed by atoms with Crippen molar-refractivity contribution in [2.75, 3.05) is 24.7 Å². The van der Waals surface area contributed by atoms with Crippen molar-refractivity contribution in [1.29, 1.82) is 0 Å². The molecule has 0 saturated carbocycles. The zero-order valence-corrected chi connectivity index (χ0v) is 15.2. The number of aromatic nitrogens is 3. The molecule has 2 aromatic heterocycles. The summed E-state index contributed by atoms with van der Waals surface area (Å²) >= 11 is 0. The summed E-state index contributed by atoms with van der Waals surface area (Å²) in [4.78, 5) is 10.8. The first-order chi connectivity index (χ1) is 12.6. The smallest absolute Gasteiger partial charge is 0.137 e. The van der Waals surface area contributed by atoms with Crippen molar-refractivity contribution < 1.29 is 9.84 Å². The molecule has 1 aliphatic rings. The van der Waals surface area contributed by atoms with Crippen molar-refractivity contribution in [3.05, 3.63) is 36.2 Å². The molecular weight excluding hydrogens is 330 g/mol. The molecule has 7 nitrogen and oxygen atoms in total. The fraction of sp³-hybridized carbons (Fsp3) is 0.421. The lowest BCUT2D eigenvalue weighted by Gasteiger charge is -2.16. The van der Waals surface area contributed by atoms with Crippen LogP contribution in [0.2, 0.25) is 0 Å². The number of hydrogen-bond donors (Lipinski definition) is 2. The molecule has 1 atom stereocenters. The van der Waals surface area contributed by atoms with Gasteiger partial charge in [0.05, 0.1) is 17.9 Å². The van der Waals surface area contributed by atoms with Crippen LogP contribution >= 0.6 is 0 Å². The molecule has 26 heavy (non-hydrogen) atoms. The van der Waals surface area contributed by atoms with Crippen molar-refractivity contribution in [3.63, 3.8) is 0 Å². The van der Waals surface area contributed by atoms with Gasteiger partial charge in [-0.1, -0.05) is 12.7 Å². The van der Waals surface area contributed by atoms with Crippen LogP contribution in [0.25, 0.3) is 17.3 Å². The number of ether oxygens (including phenoxy) is 1. The van der Waals surface area contributed by atoms with Gasteiger partial charge in [-0.2, -0.15) is 5.10 Å². The number of aliphatic imine (C=N–C) groups is 1. The maximum atomic E-state index is 9.74. The maximum absolute atomic E-state index is 9.74. The van der Waals surface area contributed by atoms with Crippen LogP contribution in [0.3, 0.4) is 0 Å². The SMILES string of the molecule is C=Cc1c(-c2ccnc(N3CCC(O)C3)c2)n[nH]c1C=NCOC(C)C. The summed E-state index contributed by atoms with van der Waals surface area (Å²) in [5.74, 6) is 0.845. The van der Waals surface area contributed by atoms with E-state index in [4.69, 9.17) is 4.74 Å². The molecule has 0 amide bonds. The van der Waals surface area contributed by atoms with Gasteiger partial charge in [0.2, 0.25) is 0 Å². The summed E-state index contributed by atoms with van der Waals surface area (Å²) in [5, 5.41) is 17.2. The van der Waals surface area contributed by atoms with Crippen molar-refractivity contribution in [2.45, 2.75) is 32.5 Å². The highest BCUT2D eigenvalue weighted by Gasteiger charge is 2.22. The highest BCUT2D eigenvalue weighted by Crippen LogP contribution is 2.28. The van der Waals surface area contributed by atoms with Gasteiger partial charge in [0.25, 0.3) is 0 Å². The second kappa shape index (κ2) is 8.25. The molecule has 2 N–H and O–H groups in total. The molecule has 1 unspecified atom stereocenters. The van der Waals surface area contributed by atoms with Crippen molar-refractivity contribution in [1.82, 2.24) is 15.2 Å². The van der Waals surface area contributed by atoms with E-state index in [9.17, 15) is 5.11 Å². The number of aromatic amines is 1. The largest absolute Gasteiger partial charge is 0.391 e. The fourth-order valence-electron chi connectivity index (χ4n) is 2.90. The van der Waals surface area contributed by atoms with Gasteiger partial charge in [0, 0.05) is 36.6 Å². The van der Waals surface area contributed by atoms with E-state index >= 15 is 0 Å². The minimum absolute atomic E-state index is 0.141. The van der Waals surface area contributed by atoms with Crippen LogP contribution < -0.4 is 4.90 Å². The Hall–Kier alpha value is -2.51. The topological polar surface area (TPSA) is 86.6 Å². The Labute approximate surface area is 153 Å². The lowest BCUT2D eigenvalue weighted by atomic mass is 10.1. The highest BCUT2D eigenvalue weighted by atomic mass is 16.5. The number of nitrogens with zero attached hydrogens (tertiary/aromatic N) is 4. The molecule has 7 heteroatoms. The predicted molar refractivity (Wildman–Crippen MR) is 103 cm³/mol. The Morgan fingerprint density at radius 3 is 3.08 bits per heavy atom. The first kappa shape index (κ1) is 18.3. The van der Waals surface area contributed by atoms with Gasteiger partial charge >= 0.3 is 0 Å². The summed E-state index contributed by atoms with van der Waals surface area (Å²) in [6.45, 7) is 9.57. The van der Waals surface area contributed by atoms with Gasteiger partial charge in [0.1, 0.15) is 18.2 Å². The first-order valence-corrected chi connectivity index (χ1v) is 8.80. The van der Waals surface area contributed by atoms with E-state index in [1.54, 1.807) is 18.5 Å². The van der Waals surface area contributed by atoms with Gasteiger partial charge < -0.3 is 14.7 Å². The van der Waals surface area contributed by atoms with Crippen LogP contribution in [0.5, 0.6) is 0 Å². The summed E-state index contributed by atoms with van der Waals surface area (Å²) in [5.41, 5.74) is 3.42. The standard InChI is InChI=1S/C19H25N5O2/c1-4-16-17(10-20-12-26-13(2)3)22-23-19(16)14-5-7-21-18(9-14)24-8-6-15(25)11-24/h4-5,7,9-10,13,15,25H,1,6,8,11-12H2,2-3H3,(H,22,23). The third-order valence-electron chi connectivity index (χ3n) is 4.25. The zero-order valence-electron chi connectivity index (χ0n) is 15.2. The first-order valence-electron chi connectivity index (χ1n) is 8.80. The molecule has 1 aliphatic heterocycles. The summed E-state index contributed by atoms with van der Waals surface area (Å²) in [7, 11) is 0. The second-order valence-electron chi connectivity index (χ2n) is 6.55. The summed E-state index contributed by atoms with van der Waals surface area (Å²) in [6, 6.07) is 3.91. The minimum Gasteiger partial charge on any atom is -0.391 e. The van der Waals surface area contributed by atoms with Gasteiger partial charge in [-0.05, 0) is 32.4 Å². The number of β-amino-alcohol motifs (C(OH)–C–C–N with tert-alkyl or cyclic N) is 1. The van der Waals surface area contributed by atoms with Crippen molar-refractivity contribution in [3.8, 4) is 11.3 Å². The van der Waals surface area contributed by atoms with Crippen LogP contribution in [0.4, 0.5) is 5.82 Å². The third-order valence-corrected chi connectivity index (χ3v) is 4.25. The number of aliphatic hydroxyl groups excluding tert-OH is 1. The Kier molecular flexibility index (Phi) is 5.80. The average Bonchev–Trinajstić information content (AvgIpc) is 3.24. The van der Waals surface area contributed by atoms with Crippen LogP contribution in [-0.2, 0) is 4.74 Å². The Morgan fingerprint density at radius 1 is 1.54 bits per heavy atom. The Bertz CT molecular complexity index is 784. The molecule has 1 saturated heterocycles. The van der Waals surface area contributed by atoms with E-state index in [2.05, 4.69) is 31.7 Å². The minimum atomic E-state index is -0.287. The van der Waals surface area contributed by atoms with Gasteiger partial charge in [-0.3, -0.25) is 10.1 Å². The molecule has 0 spiro atoms. The van der Waals surface area contributed by atoms with E-state index < -0.39 is 0 Å². The van der Waals surface area contributed by atoms with Crippen molar-refractivity contribution in [2.24, 2.45) is 4.99 Å². The molecule has 3 rings (SSSR count). The van der Waals surface area contributed by atoms with E-state index in [0.29, 0.717) is 13.3 Å². The summed E-state index contributed by atoms with van der Waals surface area (Å²) < 4.78 is 5.42. The lowest BCUT2D eigenvalue weighted by Crippen LogP contribution is -2.22. The molecule has 2 aromatic rings. The van der Waals surface area contributed by atoms with Crippen LogP contribution in [0.1, 0.15) is 31.5 Å². The van der Waals surface area contributed by atoms with Crippen LogP contribution in [0.15, 0.2) is 29.9 Å². The van der Waals surface area contributed by atoms with Gasteiger partial charge in [-0.15, -0.1) is 0 Å². The second-order valence-corrected chi connectivity index (χ2v) is 6.55. The predicted octanol–water partition coefficient (Wildman–Crippen LogP) is 2.49. The quantitative estimate of drug-likeness (QED) is 0.745. The number of anilines is 1. The fourth-order valence-corrected chi connectivity index (χ4v) is 2.90. The molecule has 1 fully saturated rings. The monoisotopic (exact) mass is 355 g/mol. The highest BCUT2D eigenvalue weighted by molar-refractivity contribution is 5.88. The number of H-pyrrole nitrogens is 1. The van der Waals surface area contributed by atoms with Gasteiger partial charge in [0.15, 0.2) is 0 Å². The lowest BCUT2D eigenvalue weighted by molar-refractivity contribution is 0.0858. The number of aliphatic hydroxyl groups is 1. The maximum Gasteiger partial charge on any atom is 0.137 e. The molecular formula is C19H25N5O2. The molecule has 0 bridgehead atoms. The van der Waals surface area contributed by atoms with Crippen LogP contribution in [-0.4, -0.2) is 58.5 Å². The number of pyridine rings is 1. The van der Waals surface area contributed by atoms with E-state index in [1.165, 1.54) is 0 Å². The Balaban J connectivity index is 1.82. The molecule has 3 heterocycles. The molecule has 138 valence electrons. The van der Waals surface area contributed by atoms with E-state index in [0.717, 1.165) is 41.3 Å². The van der Waals surface area contributed by atoms with E-state index in [-0.39, 0.29) is 12.2 Å². The Morgan fingerprint density at radius 2 is 2.38 bits per heavy atom. The van der Waals surface area contributed by atoms with Crippen LogP contribution in [0, 0.1) is 0 Å². The molecule has 0 radical (unpaired) electrons. The molecule has 0 aromatic carbocycles. The van der Waals surface area contributed by atoms with Crippen molar-refractivity contribution >= 4 is 18.1 Å². The number of nitrogens with one attached hydrogen (secondary N) is 1. The van der Waals surface area contributed by atoms with Gasteiger partial charge in [-0.25, -0.2) is 4.98 Å². The number of rotatable bonds is 7. The molecule has 0 aliphatic carbocycles. The zero-order chi connectivity index (χ0) is 18.5. The number of hydrogen-bond acceptors (Lipinski definition) is 6. The normalized spacial score (nSPS) is 17.5. The third kappa shape index (κ3) is 4.17.